The van der Waals surface area contributed by atoms with Gasteiger partial charge in [0.1, 0.15) is 11.9 Å². The Morgan fingerprint density at radius 3 is 2.29 bits per heavy atom. The molecule has 0 radical (unpaired) electrons. The number of hydrogen-bond donors (Lipinski definition) is 2. The molecule has 2 aromatic rings. The van der Waals surface area contributed by atoms with Gasteiger partial charge in [-0.3, -0.25) is 9.80 Å². The van der Waals surface area contributed by atoms with Gasteiger partial charge in [-0.05, 0) is 47.1 Å². The zero-order chi connectivity index (χ0) is 19.9. The van der Waals surface area contributed by atoms with Crippen LogP contribution in [0.4, 0.5) is 5.69 Å². The molecule has 0 aromatic heterocycles. The number of hydrogen-bond acceptors (Lipinski definition) is 6. The molecule has 0 spiro atoms. The Bertz CT molecular complexity index is 755. The van der Waals surface area contributed by atoms with Crippen LogP contribution in [0.25, 0.3) is 0 Å². The summed E-state index contributed by atoms with van der Waals surface area (Å²) >= 11 is 0. The Hall–Kier alpha value is -2.12. The van der Waals surface area contributed by atoms with Gasteiger partial charge in [-0.15, -0.1) is 4.91 Å². The van der Waals surface area contributed by atoms with Gasteiger partial charge in [-0.1, -0.05) is 50.2 Å². The number of nitrogens with one attached hydrogen (secondary N) is 1. The third kappa shape index (κ3) is 4.64. The van der Waals surface area contributed by atoms with E-state index in [9.17, 15) is 10.0 Å². The van der Waals surface area contributed by atoms with Crippen LogP contribution in [-0.4, -0.2) is 54.2 Å². The monoisotopic (exact) mass is 382 g/mol. The Balaban J connectivity index is 1.92. The minimum atomic E-state index is -0.593. The number of aliphatic hydroxyl groups is 1. The number of aliphatic hydroxyl groups excluding tert-OH is 1. The summed E-state index contributed by atoms with van der Waals surface area (Å²) in [6.45, 7) is 9.47. The van der Waals surface area contributed by atoms with E-state index in [1.54, 1.807) is 6.07 Å². The van der Waals surface area contributed by atoms with Crippen molar-refractivity contribution in [2.45, 2.75) is 26.1 Å². The molecule has 2 N–H and O–H groups in total. The van der Waals surface area contributed by atoms with Crippen LogP contribution in [0.1, 0.15) is 42.8 Å². The molecule has 1 saturated heterocycles. The van der Waals surface area contributed by atoms with E-state index in [0.717, 1.165) is 56.0 Å². The molecule has 28 heavy (non-hydrogen) atoms. The van der Waals surface area contributed by atoms with E-state index in [-0.39, 0.29) is 6.04 Å². The highest BCUT2D eigenvalue weighted by Crippen LogP contribution is 2.32. The third-order valence-corrected chi connectivity index (χ3v) is 5.52. The minimum Gasteiger partial charge on any atom is -0.374 e. The number of rotatable bonds is 8. The molecule has 2 atom stereocenters. The van der Waals surface area contributed by atoms with Crippen LogP contribution >= 0.6 is 0 Å². The van der Waals surface area contributed by atoms with Crippen LogP contribution in [0, 0.1) is 4.91 Å². The molecule has 0 amide bonds. The first-order valence-electron chi connectivity index (χ1n) is 10.1. The molecule has 1 heterocycles. The molecular weight excluding hydrogens is 352 g/mol. The zero-order valence-corrected chi connectivity index (χ0v) is 16.7. The van der Waals surface area contributed by atoms with Crippen molar-refractivity contribution in [3.05, 3.63) is 70.1 Å². The summed E-state index contributed by atoms with van der Waals surface area (Å²) in [6.07, 6.45) is -0.593. The number of nitroso groups, excluding NO2 is 1. The average molecular weight is 383 g/mol. The molecule has 6 heteroatoms. The smallest absolute Gasteiger partial charge is 0.133 e. The van der Waals surface area contributed by atoms with Crippen LogP contribution in [0.5, 0.6) is 0 Å². The van der Waals surface area contributed by atoms with Gasteiger partial charge in [-0.25, -0.2) is 0 Å². The Kier molecular flexibility index (Phi) is 7.28. The van der Waals surface area contributed by atoms with Gasteiger partial charge >= 0.3 is 0 Å². The fourth-order valence-electron chi connectivity index (χ4n) is 3.94. The largest absolute Gasteiger partial charge is 0.374 e. The predicted octanol–water partition coefficient (Wildman–Crippen LogP) is 3.41. The molecule has 1 aliphatic heterocycles. The van der Waals surface area contributed by atoms with Crippen LogP contribution in [0.15, 0.2) is 53.7 Å². The second-order valence-electron chi connectivity index (χ2n) is 7.14. The van der Waals surface area contributed by atoms with Crippen molar-refractivity contribution >= 4 is 5.69 Å². The molecule has 3 rings (SSSR count). The molecule has 2 aromatic carbocycles. The van der Waals surface area contributed by atoms with Crippen LogP contribution in [-0.2, 0) is 0 Å². The summed E-state index contributed by atoms with van der Waals surface area (Å²) in [4.78, 5) is 15.5. The molecule has 1 aliphatic rings. The van der Waals surface area contributed by atoms with E-state index >= 15 is 0 Å². The zero-order valence-electron chi connectivity index (χ0n) is 16.7. The van der Waals surface area contributed by atoms with Gasteiger partial charge in [0.05, 0.1) is 6.04 Å². The van der Waals surface area contributed by atoms with E-state index in [4.69, 9.17) is 0 Å². The van der Waals surface area contributed by atoms with E-state index < -0.39 is 6.23 Å². The highest BCUT2D eigenvalue weighted by molar-refractivity contribution is 5.44. The van der Waals surface area contributed by atoms with E-state index in [1.807, 2.05) is 29.2 Å². The van der Waals surface area contributed by atoms with Crippen molar-refractivity contribution in [1.82, 2.24) is 15.1 Å². The van der Waals surface area contributed by atoms with Crippen molar-refractivity contribution in [2.75, 3.05) is 39.3 Å². The highest BCUT2D eigenvalue weighted by atomic mass is 16.3. The summed E-state index contributed by atoms with van der Waals surface area (Å²) in [7, 11) is 0. The maximum Gasteiger partial charge on any atom is 0.133 e. The third-order valence-electron chi connectivity index (χ3n) is 5.52. The van der Waals surface area contributed by atoms with Crippen molar-refractivity contribution in [3.63, 3.8) is 0 Å². The molecule has 0 saturated carbocycles. The standard InChI is InChI=1S/C22H30N4O2/c1-3-25(4-2)22(27)18-10-8-17(9-11-18)21(26-14-12-23-13-15-26)19-6-5-7-20(16-19)24-28/h5-11,16,21-23,27H,3-4,12-15H2,1-2H3. The Morgan fingerprint density at radius 2 is 1.68 bits per heavy atom. The molecular formula is C22H30N4O2. The number of piperazine rings is 1. The van der Waals surface area contributed by atoms with Gasteiger partial charge < -0.3 is 10.4 Å². The topological polar surface area (TPSA) is 68.2 Å². The summed E-state index contributed by atoms with van der Waals surface area (Å²) in [5, 5.41) is 17.1. The van der Waals surface area contributed by atoms with Gasteiger partial charge in [0.25, 0.3) is 0 Å². The van der Waals surface area contributed by atoms with Gasteiger partial charge in [0.15, 0.2) is 0 Å². The second kappa shape index (κ2) is 9.89. The van der Waals surface area contributed by atoms with Crippen LogP contribution in [0.2, 0.25) is 0 Å². The highest BCUT2D eigenvalue weighted by Gasteiger charge is 2.25. The second-order valence-corrected chi connectivity index (χ2v) is 7.14. The van der Waals surface area contributed by atoms with Gasteiger partial charge in [-0.2, -0.15) is 0 Å². The van der Waals surface area contributed by atoms with Gasteiger partial charge in [0, 0.05) is 26.2 Å². The maximum absolute atomic E-state index is 11.0. The van der Waals surface area contributed by atoms with E-state index in [0.29, 0.717) is 5.69 Å². The first-order chi connectivity index (χ1) is 13.7. The Labute approximate surface area is 167 Å². The lowest BCUT2D eigenvalue weighted by Gasteiger charge is -2.36. The van der Waals surface area contributed by atoms with E-state index in [2.05, 4.69) is 47.4 Å². The normalized spacial score (nSPS) is 17.4. The minimum absolute atomic E-state index is 0.0587. The molecule has 2 unspecified atom stereocenters. The fraction of sp³-hybridized carbons (Fsp3) is 0.455. The number of nitrogens with zero attached hydrogens (tertiary/aromatic N) is 3. The lowest BCUT2D eigenvalue weighted by molar-refractivity contribution is 0.00899. The summed E-state index contributed by atoms with van der Waals surface area (Å²) in [6, 6.07) is 15.8. The summed E-state index contributed by atoms with van der Waals surface area (Å²) < 4.78 is 0. The predicted molar refractivity (Wildman–Crippen MR) is 113 cm³/mol. The SMILES string of the molecule is CCN(CC)C(O)c1ccc(C(c2cccc(N=O)c2)N2CCNCC2)cc1. The first-order valence-corrected chi connectivity index (χ1v) is 10.1. The van der Waals surface area contributed by atoms with Crippen LogP contribution in [0.3, 0.4) is 0 Å². The lowest BCUT2D eigenvalue weighted by Crippen LogP contribution is -2.45. The van der Waals surface area contributed by atoms with E-state index in [1.165, 1.54) is 0 Å². The molecule has 6 nitrogen and oxygen atoms in total. The van der Waals surface area contributed by atoms with Crippen molar-refractivity contribution in [2.24, 2.45) is 5.18 Å². The fourth-order valence-corrected chi connectivity index (χ4v) is 3.94. The molecule has 0 aliphatic carbocycles. The van der Waals surface area contributed by atoms with Crippen molar-refractivity contribution in [1.29, 1.82) is 0 Å². The summed E-state index contributed by atoms with van der Waals surface area (Å²) in [5.74, 6) is 0. The number of benzene rings is 2. The van der Waals surface area contributed by atoms with Gasteiger partial charge in [0.2, 0.25) is 0 Å². The molecule has 0 bridgehead atoms. The van der Waals surface area contributed by atoms with Crippen molar-refractivity contribution < 1.29 is 5.11 Å². The quantitative estimate of drug-likeness (QED) is 0.541. The summed E-state index contributed by atoms with van der Waals surface area (Å²) in [5.41, 5.74) is 3.57. The molecule has 1 fully saturated rings. The van der Waals surface area contributed by atoms with Crippen LogP contribution < -0.4 is 5.32 Å². The molecule has 150 valence electrons. The maximum atomic E-state index is 11.0. The first kappa shape index (κ1) is 20.6. The lowest BCUT2D eigenvalue weighted by atomic mass is 9.95. The average Bonchev–Trinajstić information content (AvgIpc) is 2.76. The van der Waals surface area contributed by atoms with Crippen molar-refractivity contribution in [3.8, 4) is 0 Å². The Morgan fingerprint density at radius 1 is 1.04 bits per heavy atom.